The number of rotatable bonds is 5. The largest absolute Gasteiger partial charge is 0.483 e. The zero-order valence-electron chi connectivity index (χ0n) is 19.7. The van der Waals surface area contributed by atoms with Gasteiger partial charge in [-0.15, -0.1) is 0 Å². The molecule has 1 fully saturated rings. The predicted octanol–water partition coefficient (Wildman–Crippen LogP) is 4.13. The highest BCUT2D eigenvalue weighted by atomic mass is 35.5. The van der Waals surface area contributed by atoms with Gasteiger partial charge in [-0.05, 0) is 37.6 Å². The number of benzene rings is 1. The molecule has 1 atom stereocenters. The number of pyridine rings is 1. The molecule has 2 amide bonds. The number of halogens is 3. The smallest absolute Gasteiger partial charge is 0.341 e. The number of urea groups is 1. The number of hydrogen-bond donors (Lipinski definition) is 1. The minimum Gasteiger partial charge on any atom is -0.483 e. The standard InChI is InChI=1S/C24H21ClF2N6O4/c1-12-22(23(34)35)13(2)32(30-12)21-8-20(18(27)9-28-21)37-17-10-31(11-17)24(36)33-19(3-4-29-33)14-5-15(25)7-16(26)6-14/h4-9,17,19H,3,10-11H2,1-2H3,(H,34,35). The Bertz CT molecular complexity index is 1420. The van der Waals surface area contributed by atoms with Gasteiger partial charge in [0.1, 0.15) is 17.5 Å². The summed E-state index contributed by atoms with van der Waals surface area (Å²) in [6, 6.07) is 4.56. The van der Waals surface area contributed by atoms with Crippen LogP contribution in [0.25, 0.3) is 5.82 Å². The molecule has 192 valence electrons. The number of aryl methyl sites for hydroxylation is 1. The van der Waals surface area contributed by atoms with Crippen molar-refractivity contribution in [3.05, 3.63) is 69.6 Å². The third-order valence-electron chi connectivity index (χ3n) is 6.24. The van der Waals surface area contributed by atoms with Gasteiger partial charge in [0.15, 0.2) is 17.4 Å². The molecule has 1 aromatic carbocycles. The lowest BCUT2D eigenvalue weighted by molar-refractivity contribution is 0.0256. The van der Waals surface area contributed by atoms with Crippen LogP contribution in [0.5, 0.6) is 5.75 Å². The number of carboxylic acid groups (broad SMARTS) is 1. The highest BCUT2D eigenvalue weighted by Crippen LogP contribution is 2.33. The van der Waals surface area contributed by atoms with Crippen molar-refractivity contribution in [3.8, 4) is 11.6 Å². The average molecular weight is 531 g/mol. The molecule has 0 spiro atoms. The molecule has 0 saturated carbocycles. The minimum atomic E-state index is -1.12. The molecule has 1 saturated heterocycles. The summed E-state index contributed by atoms with van der Waals surface area (Å²) >= 11 is 5.97. The average Bonchev–Trinajstić information content (AvgIpc) is 3.40. The maximum absolute atomic E-state index is 14.5. The van der Waals surface area contributed by atoms with E-state index in [1.54, 1.807) is 26.1 Å². The van der Waals surface area contributed by atoms with E-state index in [0.717, 1.165) is 6.20 Å². The van der Waals surface area contributed by atoms with E-state index >= 15 is 0 Å². The van der Waals surface area contributed by atoms with Gasteiger partial charge in [0.2, 0.25) is 0 Å². The van der Waals surface area contributed by atoms with E-state index in [1.807, 2.05) is 0 Å². The number of carboxylic acids is 1. The first-order chi connectivity index (χ1) is 17.6. The maximum atomic E-state index is 14.5. The van der Waals surface area contributed by atoms with Crippen LogP contribution in [-0.2, 0) is 0 Å². The van der Waals surface area contributed by atoms with E-state index in [9.17, 15) is 23.5 Å². The number of carbonyl (C=O) groups is 2. The Balaban J connectivity index is 1.26. The van der Waals surface area contributed by atoms with E-state index < -0.39 is 35.8 Å². The lowest BCUT2D eigenvalue weighted by atomic mass is 10.0. The molecule has 1 unspecified atom stereocenters. The first-order valence-electron chi connectivity index (χ1n) is 11.3. The van der Waals surface area contributed by atoms with Gasteiger partial charge in [0, 0.05) is 23.7 Å². The van der Waals surface area contributed by atoms with Crippen LogP contribution in [-0.4, -0.2) is 67.2 Å². The predicted molar refractivity (Wildman–Crippen MR) is 128 cm³/mol. The summed E-state index contributed by atoms with van der Waals surface area (Å²) < 4.78 is 35.4. The van der Waals surface area contributed by atoms with Gasteiger partial charge in [0.05, 0.1) is 36.7 Å². The summed E-state index contributed by atoms with van der Waals surface area (Å²) in [6.07, 6.45) is 2.48. The molecule has 0 aliphatic carbocycles. The summed E-state index contributed by atoms with van der Waals surface area (Å²) in [4.78, 5) is 30.0. The molecule has 10 nitrogen and oxygen atoms in total. The van der Waals surface area contributed by atoms with Gasteiger partial charge in [-0.3, -0.25) is 0 Å². The van der Waals surface area contributed by atoms with E-state index in [0.29, 0.717) is 23.4 Å². The molecule has 3 aromatic rings. The van der Waals surface area contributed by atoms with E-state index in [2.05, 4.69) is 15.2 Å². The second kappa shape index (κ2) is 9.43. The summed E-state index contributed by atoms with van der Waals surface area (Å²) in [5.74, 6) is -2.24. The number of aromatic carboxylic acids is 1. The van der Waals surface area contributed by atoms with Gasteiger partial charge in [-0.25, -0.2) is 33.0 Å². The fraction of sp³-hybridized carbons (Fsp3) is 0.292. The summed E-state index contributed by atoms with van der Waals surface area (Å²) in [5.41, 5.74) is 1.22. The molecule has 4 heterocycles. The Labute approximate surface area is 214 Å². The molecule has 13 heteroatoms. The SMILES string of the molecule is Cc1nn(-c2cc(OC3CN(C(=O)N4N=CCC4c4cc(F)cc(Cl)c4)C3)c(F)cn2)c(C)c1C(=O)O. The number of likely N-dealkylation sites (tertiary alicyclic amines) is 1. The van der Waals surface area contributed by atoms with Crippen LogP contribution >= 0.6 is 11.6 Å². The lowest BCUT2D eigenvalue weighted by Gasteiger charge is -2.41. The molecule has 5 rings (SSSR count). The molecule has 2 aromatic heterocycles. The van der Waals surface area contributed by atoms with E-state index in [-0.39, 0.29) is 35.2 Å². The number of hydrazone groups is 1. The monoisotopic (exact) mass is 530 g/mol. The van der Waals surface area contributed by atoms with Crippen LogP contribution in [0.4, 0.5) is 13.6 Å². The Morgan fingerprint density at radius 1 is 1.16 bits per heavy atom. The van der Waals surface area contributed by atoms with Gasteiger partial charge in [-0.2, -0.15) is 10.2 Å². The minimum absolute atomic E-state index is 0.0464. The van der Waals surface area contributed by atoms with Crippen LogP contribution in [0.15, 0.2) is 35.6 Å². The van der Waals surface area contributed by atoms with Crippen LogP contribution in [0.3, 0.4) is 0 Å². The van der Waals surface area contributed by atoms with Crippen molar-refractivity contribution in [2.45, 2.75) is 32.4 Å². The van der Waals surface area contributed by atoms with Crippen molar-refractivity contribution in [2.24, 2.45) is 5.10 Å². The van der Waals surface area contributed by atoms with Crippen molar-refractivity contribution < 1.29 is 28.2 Å². The normalized spacial score (nSPS) is 17.3. The van der Waals surface area contributed by atoms with E-state index in [4.69, 9.17) is 16.3 Å². The zero-order chi connectivity index (χ0) is 26.4. The Kier molecular flexibility index (Phi) is 6.28. The number of aromatic nitrogens is 3. The number of nitrogens with zero attached hydrogens (tertiary/aromatic N) is 6. The number of ether oxygens (including phenoxy) is 1. The van der Waals surface area contributed by atoms with Gasteiger partial charge >= 0.3 is 12.0 Å². The number of hydrogen-bond acceptors (Lipinski definition) is 6. The van der Waals surface area contributed by atoms with Gasteiger partial charge < -0.3 is 14.7 Å². The highest BCUT2D eigenvalue weighted by Gasteiger charge is 2.39. The first-order valence-corrected chi connectivity index (χ1v) is 11.7. The third-order valence-corrected chi connectivity index (χ3v) is 6.45. The second-order valence-electron chi connectivity index (χ2n) is 8.76. The van der Waals surface area contributed by atoms with Crippen molar-refractivity contribution in [1.82, 2.24) is 24.7 Å². The number of amides is 2. The molecule has 2 aliphatic rings. The van der Waals surface area contributed by atoms with E-state index in [1.165, 1.54) is 32.8 Å². The zero-order valence-corrected chi connectivity index (χ0v) is 20.5. The van der Waals surface area contributed by atoms with Crippen LogP contribution < -0.4 is 4.74 Å². The Morgan fingerprint density at radius 2 is 1.92 bits per heavy atom. The van der Waals surface area contributed by atoms with Crippen LogP contribution in [0, 0.1) is 25.5 Å². The Morgan fingerprint density at radius 3 is 2.59 bits per heavy atom. The molecular formula is C24H21ClF2N6O4. The quantitative estimate of drug-likeness (QED) is 0.530. The lowest BCUT2D eigenvalue weighted by Crippen LogP contribution is -2.58. The maximum Gasteiger partial charge on any atom is 0.341 e. The summed E-state index contributed by atoms with van der Waals surface area (Å²) in [7, 11) is 0. The van der Waals surface area contributed by atoms with Crippen LogP contribution in [0.2, 0.25) is 5.02 Å². The first kappa shape index (κ1) is 24.6. The van der Waals surface area contributed by atoms with Gasteiger partial charge in [0.25, 0.3) is 0 Å². The fourth-order valence-electron chi connectivity index (χ4n) is 4.43. The van der Waals surface area contributed by atoms with Crippen molar-refractivity contribution in [2.75, 3.05) is 13.1 Å². The highest BCUT2D eigenvalue weighted by molar-refractivity contribution is 6.30. The molecule has 1 N–H and O–H groups in total. The summed E-state index contributed by atoms with van der Waals surface area (Å²) in [6.45, 7) is 3.51. The van der Waals surface area contributed by atoms with Crippen LogP contribution in [0.1, 0.15) is 39.8 Å². The topological polar surface area (TPSA) is 113 Å². The molecular weight excluding hydrogens is 510 g/mol. The third kappa shape index (κ3) is 4.59. The van der Waals surface area contributed by atoms with Crippen molar-refractivity contribution in [1.29, 1.82) is 0 Å². The Hall–Kier alpha value is -4.06. The summed E-state index contributed by atoms with van der Waals surface area (Å²) in [5, 5.41) is 19.2. The molecule has 2 aliphatic heterocycles. The number of carbonyl (C=O) groups excluding carboxylic acids is 1. The van der Waals surface area contributed by atoms with Crippen molar-refractivity contribution >= 4 is 29.8 Å². The second-order valence-corrected chi connectivity index (χ2v) is 9.20. The fourth-order valence-corrected chi connectivity index (χ4v) is 4.66. The van der Waals surface area contributed by atoms with Crippen molar-refractivity contribution in [3.63, 3.8) is 0 Å². The molecule has 0 bridgehead atoms. The molecule has 37 heavy (non-hydrogen) atoms. The molecule has 0 radical (unpaired) electrons. The van der Waals surface area contributed by atoms with Gasteiger partial charge in [-0.1, -0.05) is 11.6 Å².